The fourth-order valence-electron chi connectivity index (χ4n) is 2.72. The zero-order valence-electron chi connectivity index (χ0n) is 12.1. The van der Waals surface area contributed by atoms with Crippen molar-refractivity contribution in [3.8, 4) is 0 Å². The number of halogens is 1. The van der Waals surface area contributed by atoms with Crippen LogP contribution in [-0.4, -0.2) is 17.9 Å². The van der Waals surface area contributed by atoms with Crippen molar-refractivity contribution >= 4 is 28.8 Å². The van der Waals surface area contributed by atoms with E-state index >= 15 is 0 Å². The number of carbonyl (C=O) groups is 1. The molecule has 4 heteroatoms. The molecule has 0 bridgehead atoms. The van der Waals surface area contributed by atoms with E-state index in [-0.39, 0.29) is 5.91 Å². The van der Waals surface area contributed by atoms with Gasteiger partial charge in [0.1, 0.15) is 0 Å². The number of fused-ring (bicyclic) bond motifs is 1. The maximum absolute atomic E-state index is 12.5. The van der Waals surface area contributed by atoms with Crippen LogP contribution < -0.4 is 0 Å². The minimum Gasteiger partial charge on any atom is -0.337 e. The van der Waals surface area contributed by atoms with Gasteiger partial charge >= 0.3 is 0 Å². The lowest BCUT2D eigenvalue weighted by Gasteiger charge is -2.16. The van der Waals surface area contributed by atoms with Gasteiger partial charge in [0, 0.05) is 23.5 Å². The minimum atomic E-state index is 0.115. The summed E-state index contributed by atoms with van der Waals surface area (Å²) in [5, 5.41) is 0.721. The standard InChI is InChI=1S/C17H18ClNOS/c1-19(11-12-6-8-14(18)9-7-12)17(20)16-10-13-4-2-3-5-15(13)21-16/h6-10H,2-5,11H2,1H3. The molecule has 1 heterocycles. The Morgan fingerprint density at radius 2 is 1.95 bits per heavy atom. The van der Waals surface area contributed by atoms with Crippen molar-refractivity contribution in [3.63, 3.8) is 0 Å². The molecule has 0 spiro atoms. The van der Waals surface area contributed by atoms with Gasteiger partial charge in [0.05, 0.1) is 4.88 Å². The van der Waals surface area contributed by atoms with Crippen LogP contribution in [-0.2, 0) is 19.4 Å². The molecule has 0 N–H and O–H groups in total. The molecule has 0 saturated heterocycles. The summed E-state index contributed by atoms with van der Waals surface area (Å²) in [7, 11) is 1.86. The van der Waals surface area contributed by atoms with Crippen molar-refractivity contribution < 1.29 is 4.79 Å². The second-order valence-corrected chi connectivity index (χ2v) is 7.13. The van der Waals surface area contributed by atoms with Gasteiger partial charge in [0.15, 0.2) is 0 Å². The van der Waals surface area contributed by atoms with E-state index in [1.54, 1.807) is 16.2 Å². The van der Waals surface area contributed by atoms with Gasteiger partial charge in [0.2, 0.25) is 0 Å². The Hall–Kier alpha value is -1.32. The first kappa shape index (κ1) is 14.6. The third-order valence-corrected chi connectivity index (χ3v) is 5.36. The van der Waals surface area contributed by atoms with Crippen LogP contribution in [0.3, 0.4) is 0 Å². The summed E-state index contributed by atoms with van der Waals surface area (Å²) < 4.78 is 0. The number of aryl methyl sites for hydroxylation is 2. The van der Waals surface area contributed by atoms with Gasteiger partial charge in [0.25, 0.3) is 5.91 Å². The van der Waals surface area contributed by atoms with E-state index in [1.807, 2.05) is 31.3 Å². The Labute approximate surface area is 134 Å². The highest BCUT2D eigenvalue weighted by molar-refractivity contribution is 7.14. The lowest BCUT2D eigenvalue weighted by atomic mass is 9.99. The van der Waals surface area contributed by atoms with Gasteiger partial charge in [-0.15, -0.1) is 11.3 Å². The SMILES string of the molecule is CN(Cc1ccc(Cl)cc1)C(=O)c1cc2c(s1)CCCC2. The molecule has 1 aromatic heterocycles. The third-order valence-electron chi connectivity index (χ3n) is 3.89. The van der Waals surface area contributed by atoms with Gasteiger partial charge < -0.3 is 4.90 Å². The molecular formula is C17H18ClNOS. The van der Waals surface area contributed by atoms with Gasteiger partial charge in [-0.3, -0.25) is 4.79 Å². The molecule has 0 radical (unpaired) electrons. The number of carbonyl (C=O) groups excluding carboxylic acids is 1. The van der Waals surface area contributed by atoms with Crippen molar-refractivity contribution in [1.82, 2.24) is 4.90 Å². The quantitative estimate of drug-likeness (QED) is 0.812. The van der Waals surface area contributed by atoms with Crippen LogP contribution in [0.1, 0.15) is 38.5 Å². The molecule has 1 amide bonds. The second-order valence-electron chi connectivity index (χ2n) is 5.55. The Balaban J connectivity index is 1.72. The molecular weight excluding hydrogens is 302 g/mol. The summed E-state index contributed by atoms with van der Waals surface area (Å²) in [6, 6.07) is 9.75. The number of benzene rings is 1. The topological polar surface area (TPSA) is 20.3 Å². The monoisotopic (exact) mass is 319 g/mol. The third kappa shape index (κ3) is 3.30. The van der Waals surface area contributed by atoms with Gasteiger partial charge in [-0.2, -0.15) is 0 Å². The van der Waals surface area contributed by atoms with Gasteiger partial charge in [-0.25, -0.2) is 0 Å². The van der Waals surface area contributed by atoms with Crippen LogP contribution in [0.15, 0.2) is 30.3 Å². The number of thiophene rings is 1. The lowest BCUT2D eigenvalue weighted by molar-refractivity contribution is 0.0790. The van der Waals surface area contributed by atoms with E-state index < -0.39 is 0 Å². The van der Waals surface area contributed by atoms with Crippen LogP contribution in [0, 0.1) is 0 Å². The molecule has 0 saturated carbocycles. The molecule has 1 aliphatic rings. The smallest absolute Gasteiger partial charge is 0.263 e. The molecule has 110 valence electrons. The Morgan fingerprint density at radius 3 is 2.67 bits per heavy atom. The number of nitrogens with zero attached hydrogens (tertiary/aromatic N) is 1. The predicted octanol–water partition coefficient (Wildman–Crippen LogP) is 4.55. The summed E-state index contributed by atoms with van der Waals surface area (Å²) in [5.74, 6) is 0.115. The van der Waals surface area contributed by atoms with E-state index in [0.29, 0.717) is 6.54 Å². The van der Waals surface area contributed by atoms with Crippen molar-refractivity contribution in [2.24, 2.45) is 0 Å². The number of hydrogen-bond acceptors (Lipinski definition) is 2. The average Bonchev–Trinajstić information content (AvgIpc) is 2.92. The van der Waals surface area contributed by atoms with Gasteiger partial charge in [-0.1, -0.05) is 23.7 Å². The lowest BCUT2D eigenvalue weighted by Crippen LogP contribution is -2.25. The largest absolute Gasteiger partial charge is 0.337 e. The molecule has 1 aromatic carbocycles. The van der Waals surface area contributed by atoms with E-state index in [0.717, 1.165) is 28.3 Å². The van der Waals surface area contributed by atoms with E-state index in [9.17, 15) is 4.79 Å². The van der Waals surface area contributed by atoms with Gasteiger partial charge in [-0.05, 0) is 55.0 Å². The fraction of sp³-hybridized carbons (Fsp3) is 0.353. The van der Waals surface area contributed by atoms with Crippen LogP contribution >= 0.6 is 22.9 Å². The van der Waals surface area contributed by atoms with Crippen LogP contribution in [0.2, 0.25) is 5.02 Å². The van der Waals surface area contributed by atoms with Crippen molar-refractivity contribution in [2.75, 3.05) is 7.05 Å². The number of hydrogen-bond donors (Lipinski definition) is 0. The second kappa shape index (κ2) is 6.20. The molecule has 21 heavy (non-hydrogen) atoms. The highest BCUT2D eigenvalue weighted by Crippen LogP contribution is 2.30. The summed E-state index contributed by atoms with van der Waals surface area (Å²) >= 11 is 7.56. The summed E-state index contributed by atoms with van der Waals surface area (Å²) in [6.07, 6.45) is 4.76. The average molecular weight is 320 g/mol. The van der Waals surface area contributed by atoms with Crippen LogP contribution in [0.4, 0.5) is 0 Å². The zero-order chi connectivity index (χ0) is 14.8. The van der Waals surface area contributed by atoms with Crippen molar-refractivity contribution in [3.05, 3.63) is 56.2 Å². The Bertz CT molecular complexity index is 624. The molecule has 1 aliphatic carbocycles. The summed E-state index contributed by atoms with van der Waals surface area (Å²) in [5.41, 5.74) is 2.48. The molecule has 0 atom stereocenters. The maximum atomic E-state index is 12.5. The fourth-order valence-corrected chi connectivity index (χ4v) is 4.09. The molecule has 3 rings (SSSR count). The first-order valence-corrected chi connectivity index (χ1v) is 8.44. The maximum Gasteiger partial charge on any atom is 0.263 e. The molecule has 0 fully saturated rings. The Morgan fingerprint density at radius 1 is 1.24 bits per heavy atom. The van der Waals surface area contributed by atoms with Crippen molar-refractivity contribution in [2.45, 2.75) is 32.2 Å². The van der Waals surface area contributed by atoms with Crippen LogP contribution in [0.25, 0.3) is 0 Å². The summed E-state index contributed by atoms with van der Waals surface area (Å²) in [6.45, 7) is 0.610. The number of rotatable bonds is 3. The van der Waals surface area contributed by atoms with Crippen LogP contribution in [0.5, 0.6) is 0 Å². The minimum absolute atomic E-state index is 0.115. The molecule has 0 aliphatic heterocycles. The van der Waals surface area contributed by atoms with Crippen molar-refractivity contribution in [1.29, 1.82) is 0 Å². The first-order valence-electron chi connectivity index (χ1n) is 7.25. The molecule has 0 unspecified atom stereocenters. The zero-order valence-corrected chi connectivity index (χ0v) is 13.6. The Kier molecular flexibility index (Phi) is 4.32. The number of amides is 1. The van der Waals surface area contributed by atoms with E-state index in [4.69, 9.17) is 11.6 Å². The summed E-state index contributed by atoms with van der Waals surface area (Å²) in [4.78, 5) is 16.6. The van der Waals surface area contributed by atoms with E-state index in [2.05, 4.69) is 6.07 Å². The predicted molar refractivity (Wildman–Crippen MR) is 88.2 cm³/mol. The molecule has 2 aromatic rings. The van der Waals surface area contributed by atoms with E-state index in [1.165, 1.54) is 23.3 Å². The highest BCUT2D eigenvalue weighted by atomic mass is 35.5. The normalized spacial score (nSPS) is 13.8. The highest BCUT2D eigenvalue weighted by Gasteiger charge is 2.19. The molecule has 2 nitrogen and oxygen atoms in total. The first-order chi connectivity index (χ1) is 10.1.